The summed E-state index contributed by atoms with van der Waals surface area (Å²) in [5, 5.41) is 12.6. The predicted molar refractivity (Wildman–Crippen MR) is 75.5 cm³/mol. The molecule has 1 saturated carbocycles. The summed E-state index contributed by atoms with van der Waals surface area (Å²) in [4.78, 5) is 15.6. The van der Waals surface area contributed by atoms with Gasteiger partial charge in [-0.2, -0.15) is 0 Å². The first-order valence-electron chi connectivity index (χ1n) is 6.95. The van der Waals surface area contributed by atoms with E-state index in [0.29, 0.717) is 17.8 Å². The number of rotatable bonds is 3. The van der Waals surface area contributed by atoms with Crippen molar-refractivity contribution in [3.63, 3.8) is 0 Å². The number of nitrogens with zero attached hydrogens (tertiary/aromatic N) is 1. The molecule has 0 spiro atoms. The van der Waals surface area contributed by atoms with Crippen molar-refractivity contribution in [2.75, 3.05) is 5.32 Å². The summed E-state index contributed by atoms with van der Waals surface area (Å²) in [6.45, 7) is 6.38. The van der Waals surface area contributed by atoms with E-state index >= 15 is 0 Å². The molecule has 0 amide bonds. The molecular formula is C15H22N2O2. The van der Waals surface area contributed by atoms with Crippen molar-refractivity contribution in [3.05, 3.63) is 23.4 Å². The van der Waals surface area contributed by atoms with Crippen LogP contribution in [0.3, 0.4) is 0 Å². The van der Waals surface area contributed by atoms with Crippen molar-refractivity contribution >= 4 is 11.8 Å². The van der Waals surface area contributed by atoms with Gasteiger partial charge in [0.15, 0.2) is 0 Å². The Hall–Kier alpha value is -1.58. The first kappa shape index (κ1) is 13.8. The number of hydrogen-bond acceptors (Lipinski definition) is 3. The number of aromatic carboxylic acids is 1. The second kappa shape index (κ2) is 5.59. The van der Waals surface area contributed by atoms with E-state index in [9.17, 15) is 9.90 Å². The van der Waals surface area contributed by atoms with E-state index in [1.807, 2.05) is 6.92 Å². The zero-order valence-corrected chi connectivity index (χ0v) is 11.8. The van der Waals surface area contributed by atoms with Crippen molar-refractivity contribution in [2.45, 2.75) is 46.1 Å². The Labute approximate surface area is 114 Å². The van der Waals surface area contributed by atoms with Gasteiger partial charge in [-0.1, -0.05) is 13.8 Å². The van der Waals surface area contributed by atoms with Crippen LogP contribution in [0.15, 0.2) is 12.1 Å². The topological polar surface area (TPSA) is 62.2 Å². The Balaban J connectivity index is 2.18. The fourth-order valence-corrected chi connectivity index (χ4v) is 2.89. The van der Waals surface area contributed by atoms with E-state index in [1.165, 1.54) is 12.8 Å². The Kier molecular flexibility index (Phi) is 4.08. The molecule has 2 N–H and O–H groups in total. The summed E-state index contributed by atoms with van der Waals surface area (Å²) in [6.07, 6.45) is 3.46. The molecule has 1 heterocycles. The summed E-state index contributed by atoms with van der Waals surface area (Å²) in [5.74, 6) is 0.899. The molecule has 3 unspecified atom stereocenters. The lowest BCUT2D eigenvalue weighted by Gasteiger charge is -2.33. The Morgan fingerprint density at radius 1 is 1.37 bits per heavy atom. The normalized spacial score (nSPS) is 27.0. The van der Waals surface area contributed by atoms with Crippen molar-refractivity contribution in [1.82, 2.24) is 4.98 Å². The predicted octanol–water partition coefficient (Wildman–Crippen LogP) is 3.32. The number of carboxylic acid groups (broad SMARTS) is 1. The highest BCUT2D eigenvalue weighted by Crippen LogP contribution is 2.31. The maximum absolute atomic E-state index is 11.2. The van der Waals surface area contributed by atoms with Crippen LogP contribution in [0.1, 0.15) is 49.2 Å². The third kappa shape index (κ3) is 3.25. The van der Waals surface area contributed by atoms with Crippen molar-refractivity contribution in [2.24, 2.45) is 11.8 Å². The molecule has 104 valence electrons. The van der Waals surface area contributed by atoms with Crippen LogP contribution in [0.2, 0.25) is 0 Å². The molecular weight excluding hydrogens is 240 g/mol. The fourth-order valence-electron chi connectivity index (χ4n) is 2.89. The number of carboxylic acids is 1. The third-order valence-corrected chi connectivity index (χ3v) is 4.02. The number of nitrogens with one attached hydrogen (secondary N) is 1. The van der Waals surface area contributed by atoms with Crippen LogP contribution in [0.5, 0.6) is 0 Å². The van der Waals surface area contributed by atoms with Crippen LogP contribution in [-0.2, 0) is 0 Å². The molecule has 4 heteroatoms. The number of hydrogen-bond donors (Lipinski definition) is 2. The molecule has 4 nitrogen and oxygen atoms in total. The van der Waals surface area contributed by atoms with Gasteiger partial charge in [0.2, 0.25) is 0 Å². The monoisotopic (exact) mass is 262 g/mol. The molecule has 1 aromatic rings. The fraction of sp³-hybridized carbons (Fsp3) is 0.600. The van der Waals surface area contributed by atoms with Crippen LogP contribution >= 0.6 is 0 Å². The Bertz CT molecular complexity index is 473. The average molecular weight is 262 g/mol. The second-order valence-corrected chi connectivity index (χ2v) is 5.80. The third-order valence-electron chi connectivity index (χ3n) is 4.02. The average Bonchev–Trinajstić information content (AvgIpc) is 2.32. The van der Waals surface area contributed by atoms with Gasteiger partial charge in [-0.25, -0.2) is 9.78 Å². The lowest BCUT2D eigenvalue weighted by atomic mass is 9.80. The number of aromatic nitrogens is 1. The van der Waals surface area contributed by atoms with Crippen LogP contribution in [0.25, 0.3) is 0 Å². The van der Waals surface area contributed by atoms with Gasteiger partial charge < -0.3 is 10.4 Å². The minimum atomic E-state index is -0.924. The van der Waals surface area contributed by atoms with Crippen molar-refractivity contribution < 1.29 is 9.90 Å². The second-order valence-electron chi connectivity index (χ2n) is 5.80. The van der Waals surface area contributed by atoms with Gasteiger partial charge in [0.05, 0.1) is 0 Å². The molecule has 19 heavy (non-hydrogen) atoms. The number of pyridine rings is 1. The van der Waals surface area contributed by atoms with Gasteiger partial charge in [-0.3, -0.25) is 0 Å². The molecule has 1 aliphatic carbocycles. The van der Waals surface area contributed by atoms with E-state index in [1.54, 1.807) is 12.1 Å². The van der Waals surface area contributed by atoms with Gasteiger partial charge in [-0.05, 0) is 50.2 Å². The van der Waals surface area contributed by atoms with Crippen LogP contribution in [0, 0.1) is 18.8 Å². The molecule has 0 bridgehead atoms. The lowest BCUT2D eigenvalue weighted by Crippen LogP contribution is -2.34. The number of carbonyl (C=O) groups is 1. The molecule has 0 aromatic carbocycles. The maximum atomic E-state index is 11.2. The quantitative estimate of drug-likeness (QED) is 0.877. The molecule has 1 aliphatic rings. The Morgan fingerprint density at radius 3 is 2.74 bits per heavy atom. The molecule has 1 fully saturated rings. The summed E-state index contributed by atoms with van der Waals surface area (Å²) in [6, 6.07) is 3.69. The highest BCUT2D eigenvalue weighted by molar-refractivity contribution is 5.93. The summed E-state index contributed by atoms with van der Waals surface area (Å²) < 4.78 is 0. The zero-order valence-electron chi connectivity index (χ0n) is 11.8. The highest BCUT2D eigenvalue weighted by Gasteiger charge is 2.26. The standard InChI is InChI=1S/C15H22N2O2/c1-9-4-7-13(10(2)8-9)17-14-12(15(18)19)6-5-11(3)16-14/h5-6,9-10,13H,4,7-8H2,1-3H3,(H,16,17)(H,18,19). The van der Waals surface area contributed by atoms with E-state index < -0.39 is 5.97 Å². The van der Waals surface area contributed by atoms with Crippen molar-refractivity contribution in [1.29, 1.82) is 0 Å². The first-order chi connectivity index (χ1) is 8.97. The summed E-state index contributed by atoms with van der Waals surface area (Å²) >= 11 is 0. The van der Waals surface area contributed by atoms with Crippen molar-refractivity contribution in [3.8, 4) is 0 Å². The van der Waals surface area contributed by atoms with E-state index in [4.69, 9.17) is 0 Å². The number of anilines is 1. The van der Waals surface area contributed by atoms with E-state index in [0.717, 1.165) is 18.0 Å². The van der Waals surface area contributed by atoms with E-state index in [-0.39, 0.29) is 5.56 Å². The Morgan fingerprint density at radius 2 is 2.11 bits per heavy atom. The number of aryl methyl sites for hydroxylation is 1. The van der Waals surface area contributed by atoms with Crippen LogP contribution in [0.4, 0.5) is 5.82 Å². The molecule has 0 radical (unpaired) electrons. The van der Waals surface area contributed by atoms with Gasteiger partial charge in [0.25, 0.3) is 0 Å². The highest BCUT2D eigenvalue weighted by atomic mass is 16.4. The SMILES string of the molecule is Cc1ccc(C(=O)O)c(NC2CCC(C)CC2C)n1. The maximum Gasteiger partial charge on any atom is 0.339 e. The molecule has 0 saturated heterocycles. The summed E-state index contributed by atoms with van der Waals surface area (Å²) in [5.41, 5.74) is 1.10. The first-order valence-corrected chi connectivity index (χ1v) is 6.95. The smallest absolute Gasteiger partial charge is 0.339 e. The zero-order chi connectivity index (χ0) is 14.0. The summed E-state index contributed by atoms with van der Waals surface area (Å²) in [7, 11) is 0. The lowest BCUT2D eigenvalue weighted by molar-refractivity contribution is 0.0697. The molecule has 2 rings (SSSR count). The largest absolute Gasteiger partial charge is 0.478 e. The van der Waals surface area contributed by atoms with Crippen LogP contribution in [-0.4, -0.2) is 22.1 Å². The van der Waals surface area contributed by atoms with Gasteiger partial charge >= 0.3 is 5.97 Å². The minimum Gasteiger partial charge on any atom is -0.478 e. The van der Waals surface area contributed by atoms with E-state index in [2.05, 4.69) is 24.1 Å². The van der Waals surface area contributed by atoms with Crippen LogP contribution < -0.4 is 5.32 Å². The van der Waals surface area contributed by atoms with Gasteiger partial charge in [0.1, 0.15) is 11.4 Å². The van der Waals surface area contributed by atoms with Gasteiger partial charge in [-0.15, -0.1) is 0 Å². The van der Waals surface area contributed by atoms with Gasteiger partial charge in [0, 0.05) is 11.7 Å². The molecule has 1 aromatic heterocycles. The minimum absolute atomic E-state index is 0.261. The molecule has 3 atom stereocenters. The molecule has 0 aliphatic heterocycles.